The molecule has 218 valence electrons. The smallest absolute Gasteiger partial charge is 0.355 e. The molecule has 1 aliphatic rings. The lowest BCUT2D eigenvalue weighted by atomic mass is 10.1. The molecule has 1 aliphatic heterocycles. The fourth-order valence-electron chi connectivity index (χ4n) is 5.24. The third-order valence-electron chi connectivity index (χ3n) is 7.20. The van der Waals surface area contributed by atoms with Crippen molar-refractivity contribution in [2.45, 2.75) is 24.8 Å². The number of fused-ring (bicyclic) bond motifs is 1. The van der Waals surface area contributed by atoms with E-state index in [1.807, 2.05) is 0 Å². The Balaban J connectivity index is 1.86. The molecule has 4 N–H and O–H groups in total. The zero-order chi connectivity index (χ0) is 30.5. The summed E-state index contributed by atoms with van der Waals surface area (Å²) in [7, 11) is -4.35. The van der Waals surface area contributed by atoms with Gasteiger partial charge in [-0.25, -0.2) is 36.7 Å². The van der Waals surface area contributed by atoms with Crippen LogP contribution in [-0.4, -0.2) is 59.4 Å². The minimum absolute atomic E-state index is 0.0460. The summed E-state index contributed by atoms with van der Waals surface area (Å²) in [6, 6.07) is 8.76. The number of sulfonamides is 1. The Hall–Kier alpha value is -4.69. The monoisotopic (exact) mass is 595 g/mol. The summed E-state index contributed by atoms with van der Waals surface area (Å²) >= 11 is 0. The first kappa shape index (κ1) is 28.8. The Bertz CT molecular complexity index is 1930. The van der Waals surface area contributed by atoms with Gasteiger partial charge in [0.1, 0.15) is 22.2 Å². The van der Waals surface area contributed by atoms with E-state index in [9.17, 15) is 22.4 Å². The summed E-state index contributed by atoms with van der Waals surface area (Å²) in [6.45, 7) is 7.67. The normalized spacial score (nSPS) is 15.7. The molecule has 2 aromatic carbocycles. The molecule has 0 radical (unpaired) electrons. The number of benzene rings is 2. The molecular formula is C28H27F2N7O4S. The minimum Gasteiger partial charge on any atom is -0.398 e. The molecule has 14 heteroatoms. The number of carbonyl (C=O) groups excluding carboxylic acids is 1. The van der Waals surface area contributed by atoms with Crippen LogP contribution >= 0.6 is 0 Å². The maximum absolute atomic E-state index is 15.8. The summed E-state index contributed by atoms with van der Waals surface area (Å²) in [5, 5.41) is 5.55. The zero-order valence-corrected chi connectivity index (χ0v) is 23.5. The number of hydrogen-bond acceptors (Lipinski definition) is 8. The van der Waals surface area contributed by atoms with Crippen LogP contribution in [-0.2, 0) is 14.8 Å². The third kappa shape index (κ3) is 4.88. The molecule has 3 heterocycles. The molecule has 2 aromatic heterocycles. The average molecular weight is 596 g/mol. The number of hydrogen-bond donors (Lipinski definition) is 2. The predicted molar refractivity (Wildman–Crippen MR) is 155 cm³/mol. The van der Waals surface area contributed by atoms with Gasteiger partial charge in [0.05, 0.1) is 16.6 Å². The molecule has 0 bridgehead atoms. The molecule has 0 unspecified atom stereocenters. The predicted octanol–water partition coefficient (Wildman–Crippen LogP) is 2.49. The first-order valence-electron chi connectivity index (χ1n) is 12.8. The first-order chi connectivity index (χ1) is 19.8. The van der Waals surface area contributed by atoms with Gasteiger partial charge < -0.3 is 15.5 Å². The van der Waals surface area contributed by atoms with E-state index < -0.39 is 33.0 Å². The minimum atomic E-state index is -4.35. The van der Waals surface area contributed by atoms with Gasteiger partial charge in [-0.05, 0) is 49.8 Å². The van der Waals surface area contributed by atoms with E-state index in [2.05, 4.69) is 16.5 Å². The van der Waals surface area contributed by atoms with Crippen molar-refractivity contribution in [2.24, 2.45) is 5.14 Å². The van der Waals surface area contributed by atoms with Crippen molar-refractivity contribution in [2.75, 3.05) is 30.3 Å². The Kier molecular flexibility index (Phi) is 7.28. The van der Waals surface area contributed by atoms with E-state index in [-0.39, 0.29) is 70.3 Å². The first-order valence-corrected chi connectivity index (χ1v) is 14.4. The number of nitrogen functional groups attached to an aromatic ring is 1. The van der Waals surface area contributed by atoms with E-state index >= 15 is 4.39 Å². The van der Waals surface area contributed by atoms with Gasteiger partial charge in [-0.2, -0.15) is 4.98 Å². The summed E-state index contributed by atoms with van der Waals surface area (Å²) in [5.41, 5.74) is 4.17. The number of nitrogens with two attached hydrogens (primary N) is 2. The molecule has 42 heavy (non-hydrogen) atoms. The lowest BCUT2D eigenvalue weighted by molar-refractivity contribution is -0.126. The lowest BCUT2D eigenvalue weighted by Gasteiger charge is -2.40. The second-order valence-electron chi connectivity index (χ2n) is 9.94. The van der Waals surface area contributed by atoms with E-state index in [1.54, 1.807) is 29.7 Å². The van der Waals surface area contributed by atoms with Gasteiger partial charge in [-0.3, -0.25) is 4.79 Å². The van der Waals surface area contributed by atoms with Crippen LogP contribution in [0.1, 0.15) is 12.5 Å². The number of pyridine rings is 1. The fraction of sp³-hybridized carbons (Fsp3) is 0.214. The largest absolute Gasteiger partial charge is 0.398 e. The van der Waals surface area contributed by atoms with E-state index in [0.29, 0.717) is 5.56 Å². The molecule has 0 aliphatic carbocycles. The number of piperazine rings is 1. The maximum Gasteiger partial charge on any atom is 0.355 e. The fourth-order valence-corrected chi connectivity index (χ4v) is 6.03. The Morgan fingerprint density at radius 3 is 2.48 bits per heavy atom. The number of nitrogens with zero attached hydrogens (tertiary/aromatic N) is 5. The molecule has 1 atom stereocenters. The number of carbonyl (C=O) groups is 1. The van der Waals surface area contributed by atoms with Crippen molar-refractivity contribution in [3.8, 4) is 16.9 Å². The van der Waals surface area contributed by atoms with Gasteiger partial charge in [-0.15, -0.1) is 0 Å². The molecule has 1 saturated heterocycles. The summed E-state index contributed by atoms with van der Waals surface area (Å²) in [5.74, 6) is -1.99. The highest BCUT2D eigenvalue weighted by atomic mass is 32.2. The molecule has 0 saturated carbocycles. The van der Waals surface area contributed by atoms with Gasteiger partial charge in [0.15, 0.2) is 11.5 Å². The van der Waals surface area contributed by atoms with E-state index in [4.69, 9.17) is 10.9 Å². The van der Waals surface area contributed by atoms with Crippen LogP contribution in [0, 0.1) is 18.6 Å². The van der Waals surface area contributed by atoms with Crippen LogP contribution in [0.15, 0.2) is 64.8 Å². The number of aryl methyl sites for hydroxylation is 1. The van der Waals surface area contributed by atoms with Crippen molar-refractivity contribution < 1.29 is 22.0 Å². The third-order valence-corrected chi connectivity index (χ3v) is 8.14. The Morgan fingerprint density at radius 1 is 1.12 bits per heavy atom. The summed E-state index contributed by atoms with van der Waals surface area (Å²) < 4.78 is 56.8. The molecule has 0 spiro atoms. The number of anilines is 2. The lowest BCUT2D eigenvalue weighted by Crippen LogP contribution is -2.54. The number of halogens is 2. The van der Waals surface area contributed by atoms with Crippen LogP contribution in [0.25, 0.3) is 28.0 Å². The second-order valence-corrected chi connectivity index (χ2v) is 11.5. The van der Waals surface area contributed by atoms with Crippen molar-refractivity contribution >= 4 is 38.5 Å². The van der Waals surface area contributed by atoms with Gasteiger partial charge >= 0.3 is 5.69 Å². The number of aromatic nitrogens is 3. The van der Waals surface area contributed by atoms with Crippen LogP contribution in [0.3, 0.4) is 0 Å². The Morgan fingerprint density at radius 2 is 1.83 bits per heavy atom. The molecule has 1 fully saturated rings. The molecule has 4 aromatic rings. The van der Waals surface area contributed by atoms with E-state index in [0.717, 1.165) is 16.7 Å². The molecule has 11 nitrogen and oxygen atoms in total. The van der Waals surface area contributed by atoms with Crippen molar-refractivity contribution in [1.82, 2.24) is 19.4 Å². The van der Waals surface area contributed by atoms with Crippen LogP contribution in [0.4, 0.5) is 20.3 Å². The number of para-hydroxylation sites is 1. The second kappa shape index (κ2) is 10.6. The molecular weight excluding hydrogens is 568 g/mol. The van der Waals surface area contributed by atoms with Crippen LogP contribution in [0.2, 0.25) is 0 Å². The van der Waals surface area contributed by atoms with Crippen LogP contribution in [0.5, 0.6) is 0 Å². The summed E-state index contributed by atoms with van der Waals surface area (Å²) in [4.78, 5) is 37.6. The van der Waals surface area contributed by atoms with Gasteiger partial charge in [0.2, 0.25) is 15.9 Å². The zero-order valence-electron chi connectivity index (χ0n) is 22.7. The van der Waals surface area contributed by atoms with Crippen molar-refractivity contribution in [3.63, 3.8) is 0 Å². The van der Waals surface area contributed by atoms with Gasteiger partial charge in [0.25, 0.3) is 0 Å². The quantitative estimate of drug-likeness (QED) is 0.263. The highest BCUT2D eigenvalue weighted by Gasteiger charge is 2.31. The van der Waals surface area contributed by atoms with Crippen LogP contribution < -0.4 is 21.5 Å². The Labute approximate surface area is 239 Å². The topological polar surface area (TPSA) is 158 Å². The number of rotatable bonds is 5. The van der Waals surface area contributed by atoms with Gasteiger partial charge in [0, 0.05) is 31.4 Å². The highest BCUT2D eigenvalue weighted by Crippen LogP contribution is 2.35. The standard InChI is InChI=1S/C28H27F2N7O4S/c1-4-22(38)35-11-12-36(16(3)14-35)26-17-13-19(30)24(23-18(29)8-6-9-20(23)31)33-27(17)37(28(39)34-26)25-15(2)7-5-10-21(25)42(32,40)41/h4-10,13,16H,1,11-12,14,31H2,2-3H3,(H2,32,40,41)/t16-/m0/s1. The molecule has 1 amide bonds. The van der Waals surface area contributed by atoms with Crippen molar-refractivity contribution in [1.29, 1.82) is 0 Å². The van der Waals surface area contributed by atoms with Crippen molar-refractivity contribution in [3.05, 3.63) is 82.8 Å². The number of primary sulfonamides is 1. The number of amides is 1. The molecule has 5 rings (SSSR count). The van der Waals surface area contributed by atoms with E-state index in [1.165, 1.54) is 30.3 Å². The SMILES string of the molecule is C=CC(=O)N1CCN(c2nc(=O)n(-c3c(C)cccc3S(N)(=O)=O)c3nc(-c4c(N)cccc4F)c(F)cc23)[C@@H](C)C1. The average Bonchev–Trinajstić information content (AvgIpc) is 2.92. The highest BCUT2D eigenvalue weighted by molar-refractivity contribution is 7.89. The summed E-state index contributed by atoms with van der Waals surface area (Å²) in [6.07, 6.45) is 1.21. The van der Waals surface area contributed by atoms with Gasteiger partial charge in [-0.1, -0.05) is 24.8 Å². The maximum atomic E-state index is 15.8.